The molecule has 0 bridgehead atoms. The molecule has 5 nitrogen and oxygen atoms in total. The van der Waals surface area contributed by atoms with Gasteiger partial charge in [0, 0.05) is 12.8 Å². The summed E-state index contributed by atoms with van der Waals surface area (Å²) in [6.07, 6.45) is 6.83. The molecule has 134 valence electrons. The smallest absolute Gasteiger partial charge is 0.236 e. The van der Waals surface area contributed by atoms with Gasteiger partial charge in [-0.2, -0.15) is 0 Å². The molecule has 1 aromatic carbocycles. The maximum absolute atomic E-state index is 12.2. The highest BCUT2D eigenvalue weighted by molar-refractivity contribution is 7.90. The van der Waals surface area contributed by atoms with Crippen molar-refractivity contribution in [1.82, 2.24) is 5.32 Å². The standard InChI is InChI=1S/C18H28N2O3S/c1-24(22,23)12-9-16(19)17(21)20-14-18(10-5-6-11-18)13-15-7-3-2-4-8-15/h2-4,7-8,16H,5-6,9-14,19H2,1H3,(H,20,21). The van der Waals surface area contributed by atoms with Gasteiger partial charge in [0.25, 0.3) is 0 Å². The van der Waals surface area contributed by atoms with Gasteiger partial charge in [-0.25, -0.2) is 8.42 Å². The van der Waals surface area contributed by atoms with E-state index in [9.17, 15) is 13.2 Å². The van der Waals surface area contributed by atoms with E-state index in [1.165, 1.54) is 18.4 Å². The zero-order valence-electron chi connectivity index (χ0n) is 14.3. The van der Waals surface area contributed by atoms with Gasteiger partial charge >= 0.3 is 0 Å². The van der Waals surface area contributed by atoms with Crippen LogP contribution in [0.1, 0.15) is 37.7 Å². The average molecular weight is 353 g/mol. The van der Waals surface area contributed by atoms with Crippen molar-refractivity contribution in [2.75, 3.05) is 18.6 Å². The zero-order chi connectivity index (χ0) is 17.6. The molecule has 1 aromatic rings. The molecule has 1 amide bonds. The predicted octanol–water partition coefficient (Wildman–Crippen LogP) is 1.67. The number of hydrogen-bond acceptors (Lipinski definition) is 4. The van der Waals surface area contributed by atoms with E-state index >= 15 is 0 Å². The summed E-state index contributed by atoms with van der Waals surface area (Å²) in [4.78, 5) is 12.2. The lowest BCUT2D eigenvalue weighted by Crippen LogP contribution is -2.46. The highest BCUT2D eigenvalue weighted by atomic mass is 32.2. The molecule has 1 aliphatic carbocycles. The zero-order valence-corrected chi connectivity index (χ0v) is 15.1. The topological polar surface area (TPSA) is 89.3 Å². The fourth-order valence-corrected chi connectivity index (χ4v) is 4.13. The van der Waals surface area contributed by atoms with E-state index < -0.39 is 15.9 Å². The molecular weight excluding hydrogens is 324 g/mol. The van der Waals surface area contributed by atoms with Crippen LogP contribution in [0.25, 0.3) is 0 Å². The third kappa shape index (κ3) is 5.91. The summed E-state index contributed by atoms with van der Waals surface area (Å²) < 4.78 is 22.4. The average Bonchev–Trinajstić information content (AvgIpc) is 2.99. The Bertz CT molecular complexity index is 637. The van der Waals surface area contributed by atoms with E-state index in [1.54, 1.807) is 0 Å². The quantitative estimate of drug-likeness (QED) is 0.745. The largest absolute Gasteiger partial charge is 0.354 e. The van der Waals surface area contributed by atoms with Crippen LogP contribution in [0.4, 0.5) is 0 Å². The maximum Gasteiger partial charge on any atom is 0.236 e. The summed E-state index contributed by atoms with van der Waals surface area (Å²) in [7, 11) is -3.10. The van der Waals surface area contributed by atoms with Crippen LogP contribution in [0.15, 0.2) is 30.3 Å². The van der Waals surface area contributed by atoms with Crippen molar-refractivity contribution >= 4 is 15.7 Å². The van der Waals surface area contributed by atoms with Crippen molar-refractivity contribution < 1.29 is 13.2 Å². The third-order valence-corrected chi connectivity index (χ3v) is 5.84. The van der Waals surface area contributed by atoms with E-state index in [-0.39, 0.29) is 23.5 Å². The Hall–Kier alpha value is -1.40. The number of carbonyl (C=O) groups is 1. The van der Waals surface area contributed by atoms with Crippen molar-refractivity contribution in [3.8, 4) is 0 Å². The lowest BCUT2D eigenvalue weighted by atomic mass is 9.80. The van der Waals surface area contributed by atoms with Gasteiger partial charge in [-0.1, -0.05) is 43.2 Å². The molecule has 1 unspecified atom stereocenters. The first-order valence-electron chi connectivity index (χ1n) is 8.55. The van der Waals surface area contributed by atoms with Crippen molar-refractivity contribution in [3.63, 3.8) is 0 Å². The van der Waals surface area contributed by atoms with Gasteiger partial charge in [0.2, 0.25) is 5.91 Å². The SMILES string of the molecule is CS(=O)(=O)CCC(N)C(=O)NCC1(Cc2ccccc2)CCCC1. The number of nitrogens with one attached hydrogen (secondary N) is 1. The molecule has 0 spiro atoms. The first-order chi connectivity index (χ1) is 11.3. The molecule has 6 heteroatoms. The molecule has 0 aliphatic heterocycles. The summed E-state index contributed by atoms with van der Waals surface area (Å²) in [5.74, 6) is -0.311. The van der Waals surface area contributed by atoms with E-state index in [2.05, 4.69) is 17.4 Å². The van der Waals surface area contributed by atoms with E-state index in [1.807, 2.05) is 18.2 Å². The summed E-state index contributed by atoms with van der Waals surface area (Å²) in [5.41, 5.74) is 7.21. The normalized spacial score (nSPS) is 18.2. The van der Waals surface area contributed by atoms with Gasteiger partial charge in [0.15, 0.2) is 0 Å². The van der Waals surface area contributed by atoms with Gasteiger partial charge < -0.3 is 11.1 Å². The number of amides is 1. The van der Waals surface area contributed by atoms with Gasteiger partial charge in [-0.05, 0) is 36.7 Å². The highest BCUT2D eigenvalue weighted by Gasteiger charge is 2.34. The molecule has 1 aliphatic rings. The van der Waals surface area contributed by atoms with Gasteiger partial charge in [-0.15, -0.1) is 0 Å². The Morgan fingerprint density at radius 1 is 1.25 bits per heavy atom. The van der Waals surface area contributed by atoms with Gasteiger partial charge in [0.1, 0.15) is 9.84 Å². The molecule has 1 fully saturated rings. The van der Waals surface area contributed by atoms with Crippen molar-refractivity contribution in [2.24, 2.45) is 11.1 Å². The number of rotatable bonds is 8. The minimum atomic E-state index is -3.10. The van der Waals surface area contributed by atoms with E-state index in [0.29, 0.717) is 6.54 Å². The molecule has 0 saturated heterocycles. The Morgan fingerprint density at radius 2 is 1.88 bits per heavy atom. The van der Waals surface area contributed by atoms with E-state index in [4.69, 9.17) is 5.73 Å². The fraction of sp³-hybridized carbons (Fsp3) is 0.611. The number of carbonyl (C=O) groups excluding carboxylic acids is 1. The van der Waals surface area contributed by atoms with Crippen LogP contribution in [-0.2, 0) is 21.1 Å². The molecule has 1 atom stereocenters. The molecule has 2 rings (SSSR count). The maximum atomic E-state index is 12.2. The second kappa shape index (κ2) is 8.12. The molecule has 3 N–H and O–H groups in total. The van der Waals surface area contributed by atoms with Crippen molar-refractivity contribution in [3.05, 3.63) is 35.9 Å². The van der Waals surface area contributed by atoms with Crippen LogP contribution in [0.5, 0.6) is 0 Å². The molecule has 0 aromatic heterocycles. The fourth-order valence-electron chi connectivity index (χ4n) is 3.45. The second-order valence-electron chi connectivity index (χ2n) is 7.11. The van der Waals surface area contributed by atoms with E-state index in [0.717, 1.165) is 25.5 Å². The highest BCUT2D eigenvalue weighted by Crippen LogP contribution is 2.40. The van der Waals surface area contributed by atoms with Gasteiger partial charge in [-0.3, -0.25) is 4.79 Å². The lowest BCUT2D eigenvalue weighted by Gasteiger charge is -2.30. The summed E-state index contributed by atoms with van der Waals surface area (Å²) >= 11 is 0. The number of benzene rings is 1. The third-order valence-electron chi connectivity index (χ3n) is 4.86. The van der Waals surface area contributed by atoms with Crippen molar-refractivity contribution in [2.45, 2.75) is 44.6 Å². The second-order valence-corrected chi connectivity index (χ2v) is 9.37. The Morgan fingerprint density at radius 3 is 2.46 bits per heavy atom. The first kappa shape index (κ1) is 18.9. The monoisotopic (exact) mass is 352 g/mol. The molecule has 1 saturated carbocycles. The summed E-state index contributed by atoms with van der Waals surface area (Å²) in [6.45, 7) is 0.604. The van der Waals surface area contributed by atoms with Crippen LogP contribution in [0, 0.1) is 5.41 Å². The van der Waals surface area contributed by atoms with Crippen LogP contribution in [0.2, 0.25) is 0 Å². The minimum Gasteiger partial charge on any atom is -0.354 e. The minimum absolute atomic E-state index is 0.0588. The van der Waals surface area contributed by atoms with Crippen LogP contribution in [0.3, 0.4) is 0 Å². The van der Waals surface area contributed by atoms with Crippen LogP contribution < -0.4 is 11.1 Å². The number of hydrogen-bond donors (Lipinski definition) is 2. The molecular formula is C18H28N2O3S. The van der Waals surface area contributed by atoms with Gasteiger partial charge in [0.05, 0.1) is 11.8 Å². The summed E-state index contributed by atoms with van der Waals surface area (Å²) in [6, 6.07) is 9.57. The number of nitrogens with two attached hydrogens (primary N) is 1. The Labute approximate surface area is 144 Å². The molecule has 0 heterocycles. The van der Waals surface area contributed by atoms with Crippen LogP contribution in [-0.4, -0.2) is 38.9 Å². The lowest BCUT2D eigenvalue weighted by molar-refractivity contribution is -0.122. The van der Waals surface area contributed by atoms with Crippen molar-refractivity contribution in [1.29, 1.82) is 0 Å². The summed E-state index contributed by atoms with van der Waals surface area (Å²) in [5, 5.41) is 2.96. The molecule has 24 heavy (non-hydrogen) atoms. The molecule has 0 radical (unpaired) electrons. The van der Waals surface area contributed by atoms with Crippen LogP contribution >= 0.6 is 0 Å². The predicted molar refractivity (Wildman–Crippen MR) is 96.4 cm³/mol. The Balaban J connectivity index is 1.90. The number of sulfone groups is 1. The Kier molecular flexibility index (Phi) is 6.40. The first-order valence-corrected chi connectivity index (χ1v) is 10.6.